The van der Waals surface area contributed by atoms with Crippen LogP contribution in [0.1, 0.15) is 48.2 Å². The van der Waals surface area contributed by atoms with Gasteiger partial charge in [-0.15, -0.1) is 11.3 Å². The van der Waals surface area contributed by atoms with E-state index in [2.05, 4.69) is 10.3 Å². The van der Waals surface area contributed by atoms with Crippen LogP contribution in [-0.4, -0.2) is 39.9 Å². The number of carbonyl (C=O) groups excluding carboxylic acids is 1. The van der Waals surface area contributed by atoms with Gasteiger partial charge in [-0.1, -0.05) is 6.07 Å². The lowest BCUT2D eigenvalue weighted by atomic mass is 9.96. The highest BCUT2D eigenvalue weighted by molar-refractivity contribution is 7.20. The minimum atomic E-state index is -2.61. The number of thiophene rings is 1. The molecule has 36 heavy (non-hydrogen) atoms. The highest BCUT2D eigenvalue weighted by atomic mass is 32.1. The van der Waals surface area contributed by atoms with Crippen molar-refractivity contribution in [2.24, 2.45) is 5.73 Å². The smallest absolute Gasteiger partial charge is 0.251 e. The summed E-state index contributed by atoms with van der Waals surface area (Å²) in [5.41, 5.74) is 4.68. The van der Waals surface area contributed by atoms with E-state index in [1.807, 2.05) is 4.90 Å². The zero-order valence-electron chi connectivity index (χ0n) is 19.7. The van der Waals surface area contributed by atoms with E-state index in [0.717, 1.165) is 29.0 Å². The molecular weight excluding hydrogens is 496 g/mol. The number of alkyl halides is 2. The van der Waals surface area contributed by atoms with E-state index in [0.29, 0.717) is 25.5 Å². The summed E-state index contributed by atoms with van der Waals surface area (Å²) in [6.07, 6.45) is 1.26. The van der Waals surface area contributed by atoms with E-state index < -0.39 is 29.1 Å². The fraction of sp³-hybridized carbons (Fsp3) is 0.360. The highest BCUT2D eigenvalue weighted by Crippen LogP contribution is 2.40. The lowest BCUT2D eigenvalue weighted by Crippen LogP contribution is -2.38. The van der Waals surface area contributed by atoms with Gasteiger partial charge in [0.05, 0.1) is 16.7 Å². The second-order valence-electron chi connectivity index (χ2n) is 9.40. The number of pyridine rings is 1. The Kier molecular flexibility index (Phi) is 7.09. The van der Waals surface area contributed by atoms with Gasteiger partial charge in [0.2, 0.25) is 0 Å². The van der Waals surface area contributed by atoms with Gasteiger partial charge in [-0.05, 0) is 49.2 Å². The van der Waals surface area contributed by atoms with Gasteiger partial charge in [0.1, 0.15) is 22.5 Å². The topological polar surface area (TPSA) is 91.5 Å². The second kappa shape index (κ2) is 9.79. The number of hydrogen-bond acceptors (Lipinski definition) is 6. The molecule has 1 aliphatic rings. The number of aromatic nitrogens is 1. The minimum Gasteiger partial charge on any atom is -0.386 e. The van der Waals surface area contributed by atoms with Crippen molar-refractivity contribution in [2.45, 2.75) is 44.8 Å². The van der Waals surface area contributed by atoms with Crippen molar-refractivity contribution in [3.8, 4) is 10.4 Å². The van der Waals surface area contributed by atoms with E-state index in [9.17, 15) is 27.5 Å². The standard InChI is InChI=1S/C25H26F4N4O2S/c1-24(2,35)15-9-17(26)21(18(27)10-15)19-11-16(22(30)34)23(36-19)32-20-4-3-14(12-31-20)13-33-7-5-25(28,29)6-8-33/h3-4,9-12,35H,5-8,13H2,1-2H3,(H2,30,34)(H,31,32). The molecule has 6 nitrogen and oxygen atoms in total. The number of primary amides is 1. The van der Waals surface area contributed by atoms with Gasteiger partial charge in [-0.2, -0.15) is 0 Å². The second-order valence-corrected chi connectivity index (χ2v) is 10.5. The molecule has 0 atom stereocenters. The summed E-state index contributed by atoms with van der Waals surface area (Å²) in [4.78, 5) is 18.4. The molecule has 0 saturated carbocycles. The first kappa shape index (κ1) is 26.1. The number of likely N-dealkylation sites (tertiary alicyclic amines) is 1. The van der Waals surface area contributed by atoms with E-state index >= 15 is 0 Å². The van der Waals surface area contributed by atoms with Crippen LogP contribution >= 0.6 is 11.3 Å². The normalized spacial score (nSPS) is 16.2. The molecule has 2 aromatic heterocycles. The Balaban J connectivity index is 1.54. The molecule has 0 aliphatic carbocycles. The number of hydrogen-bond donors (Lipinski definition) is 3. The average Bonchev–Trinajstić information content (AvgIpc) is 3.19. The van der Waals surface area contributed by atoms with Crippen LogP contribution in [0.3, 0.4) is 0 Å². The van der Waals surface area contributed by atoms with Crippen molar-refractivity contribution in [3.05, 3.63) is 64.9 Å². The van der Waals surface area contributed by atoms with Crippen LogP contribution in [-0.2, 0) is 12.1 Å². The van der Waals surface area contributed by atoms with Crippen molar-refractivity contribution >= 4 is 28.1 Å². The van der Waals surface area contributed by atoms with Gasteiger partial charge in [0, 0.05) is 43.5 Å². The fourth-order valence-electron chi connectivity index (χ4n) is 3.96. The number of nitrogens with zero attached hydrogens (tertiary/aromatic N) is 2. The Hall–Kier alpha value is -3.02. The maximum atomic E-state index is 14.8. The maximum absolute atomic E-state index is 14.8. The number of nitrogens with one attached hydrogen (secondary N) is 1. The Morgan fingerprint density at radius 3 is 2.36 bits per heavy atom. The Morgan fingerprint density at radius 2 is 1.83 bits per heavy atom. The predicted molar refractivity (Wildman–Crippen MR) is 130 cm³/mol. The minimum absolute atomic E-state index is 0.0421. The molecule has 0 unspecified atom stereocenters. The molecule has 1 aliphatic heterocycles. The number of benzene rings is 1. The SMILES string of the molecule is CC(C)(O)c1cc(F)c(-c2cc(C(N)=O)c(Nc3ccc(CN4CCC(F)(F)CC4)cn3)s2)c(F)c1. The summed E-state index contributed by atoms with van der Waals surface area (Å²) < 4.78 is 56.4. The molecule has 11 heteroatoms. The van der Waals surface area contributed by atoms with Gasteiger partial charge >= 0.3 is 0 Å². The van der Waals surface area contributed by atoms with Crippen molar-refractivity contribution in [1.29, 1.82) is 0 Å². The third-order valence-electron chi connectivity index (χ3n) is 6.05. The van der Waals surface area contributed by atoms with Crippen molar-refractivity contribution in [2.75, 3.05) is 18.4 Å². The summed E-state index contributed by atoms with van der Waals surface area (Å²) in [6.45, 7) is 3.93. The molecule has 3 aromatic rings. The number of carbonyl (C=O) groups is 1. The summed E-state index contributed by atoms with van der Waals surface area (Å²) >= 11 is 0.936. The Morgan fingerprint density at radius 1 is 1.19 bits per heavy atom. The Bertz CT molecular complexity index is 1240. The molecule has 192 valence electrons. The monoisotopic (exact) mass is 522 g/mol. The molecule has 1 fully saturated rings. The van der Waals surface area contributed by atoms with E-state index in [1.165, 1.54) is 19.9 Å². The van der Waals surface area contributed by atoms with Crippen LogP contribution in [0.2, 0.25) is 0 Å². The number of amides is 1. The van der Waals surface area contributed by atoms with Gasteiger partial charge in [-0.25, -0.2) is 22.5 Å². The van der Waals surface area contributed by atoms with Crippen molar-refractivity contribution in [1.82, 2.24) is 9.88 Å². The van der Waals surface area contributed by atoms with Crippen molar-refractivity contribution < 1.29 is 27.5 Å². The molecule has 3 heterocycles. The number of halogens is 4. The van der Waals surface area contributed by atoms with Crippen LogP contribution < -0.4 is 11.1 Å². The van der Waals surface area contributed by atoms with Crippen LogP contribution in [0, 0.1) is 11.6 Å². The quantitative estimate of drug-likeness (QED) is 0.362. The number of nitrogens with two attached hydrogens (primary N) is 1. The van der Waals surface area contributed by atoms with Crippen molar-refractivity contribution in [3.63, 3.8) is 0 Å². The lowest BCUT2D eigenvalue weighted by molar-refractivity contribution is -0.0566. The van der Waals surface area contributed by atoms with Gasteiger partial charge in [-0.3, -0.25) is 9.69 Å². The summed E-state index contributed by atoms with van der Waals surface area (Å²) in [6, 6.07) is 6.87. The van der Waals surface area contributed by atoms with Gasteiger partial charge in [0.25, 0.3) is 11.8 Å². The molecule has 0 spiro atoms. The largest absolute Gasteiger partial charge is 0.386 e. The first-order valence-corrected chi connectivity index (χ1v) is 12.1. The van der Waals surface area contributed by atoms with Crippen LogP contribution in [0.15, 0.2) is 36.5 Å². The summed E-state index contributed by atoms with van der Waals surface area (Å²) in [7, 11) is 0. The molecule has 0 bridgehead atoms. The van der Waals surface area contributed by atoms with Gasteiger partial charge in [0.15, 0.2) is 0 Å². The zero-order chi connectivity index (χ0) is 26.3. The third-order valence-corrected chi connectivity index (χ3v) is 7.12. The molecule has 1 amide bonds. The lowest BCUT2D eigenvalue weighted by Gasteiger charge is -2.31. The molecule has 4 rings (SSSR count). The fourth-order valence-corrected chi connectivity index (χ4v) is 5.08. The number of aliphatic hydroxyl groups is 1. The maximum Gasteiger partial charge on any atom is 0.251 e. The predicted octanol–water partition coefficient (Wildman–Crippen LogP) is 5.39. The third kappa shape index (κ3) is 5.85. The highest BCUT2D eigenvalue weighted by Gasteiger charge is 2.33. The zero-order valence-corrected chi connectivity index (χ0v) is 20.6. The van der Waals surface area contributed by atoms with E-state index in [-0.39, 0.29) is 39.4 Å². The van der Waals surface area contributed by atoms with Gasteiger partial charge < -0.3 is 16.2 Å². The first-order valence-electron chi connectivity index (χ1n) is 11.3. The molecule has 4 N–H and O–H groups in total. The molecule has 1 saturated heterocycles. The first-order chi connectivity index (χ1) is 16.8. The van der Waals surface area contributed by atoms with Crippen LogP contribution in [0.4, 0.5) is 28.4 Å². The molecule has 1 aromatic carbocycles. The number of rotatable bonds is 7. The van der Waals surface area contributed by atoms with E-state index in [4.69, 9.17) is 5.73 Å². The number of anilines is 2. The summed E-state index contributed by atoms with van der Waals surface area (Å²) in [5, 5.41) is 13.3. The summed E-state index contributed by atoms with van der Waals surface area (Å²) in [5.74, 6) is -4.78. The Labute approximate surface area is 209 Å². The number of piperidine rings is 1. The van der Waals surface area contributed by atoms with E-state index in [1.54, 1.807) is 18.3 Å². The molecule has 0 radical (unpaired) electrons. The molecular formula is C25H26F4N4O2S. The van der Waals surface area contributed by atoms with Crippen LogP contribution in [0.5, 0.6) is 0 Å². The average molecular weight is 523 g/mol. The van der Waals surface area contributed by atoms with Crippen LogP contribution in [0.25, 0.3) is 10.4 Å².